The normalized spacial score (nSPS) is 23.7. The van der Waals surface area contributed by atoms with Crippen LogP contribution in [0.3, 0.4) is 0 Å². The number of ether oxygens (including phenoxy) is 1. The van der Waals surface area contributed by atoms with Gasteiger partial charge in [0.25, 0.3) is 0 Å². The van der Waals surface area contributed by atoms with Crippen LogP contribution in [0.1, 0.15) is 32.6 Å². The second-order valence-electron chi connectivity index (χ2n) is 5.09. The number of halogens is 1. The van der Waals surface area contributed by atoms with Crippen LogP contribution in [0.5, 0.6) is 5.75 Å². The van der Waals surface area contributed by atoms with E-state index in [0.29, 0.717) is 17.6 Å². The molecule has 2 atom stereocenters. The molecule has 1 aliphatic rings. The average Bonchev–Trinajstić information content (AvgIpc) is 2.35. The lowest BCUT2D eigenvalue weighted by Gasteiger charge is -2.31. The summed E-state index contributed by atoms with van der Waals surface area (Å²) >= 11 is 0. The number of nitrogens with one attached hydrogen (secondary N) is 1. The zero-order chi connectivity index (χ0) is 13.1. The van der Waals surface area contributed by atoms with E-state index in [4.69, 9.17) is 10.5 Å². The Labute approximate surface area is 108 Å². The number of methoxy groups -OCH3 is 1. The molecule has 0 saturated heterocycles. The Hall–Kier alpha value is -1.45. The minimum atomic E-state index is -0.419. The molecule has 1 fully saturated rings. The summed E-state index contributed by atoms with van der Waals surface area (Å²) in [4.78, 5) is 0. The molecule has 4 heteroatoms. The van der Waals surface area contributed by atoms with E-state index in [1.54, 1.807) is 6.07 Å². The zero-order valence-corrected chi connectivity index (χ0v) is 11.0. The van der Waals surface area contributed by atoms with E-state index in [2.05, 4.69) is 12.2 Å². The predicted molar refractivity (Wildman–Crippen MR) is 72.4 cm³/mol. The number of nitrogen functional groups attached to an aromatic ring is 1. The highest BCUT2D eigenvalue weighted by Gasteiger charge is 2.22. The fraction of sp³-hybridized carbons (Fsp3) is 0.571. The van der Waals surface area contributed by atoms with Crippen LogP contribution in [0.4, 0.5) is 15.8 Å². The van der Waals surface area contributed by atoms with Crippen molar-refractivity contribution in [2.24, 2.45) is 5.92 Å². The molecule has 2 unspecified atom stereocenters. The van der Waals surface area contributed by atoms with Crippen LogP contribution in [0.2, 0.25) is 0 Å². The van der Waals surface area contributed by atoms with Gasteiger partial charge in [-0.05, 0) is 18.8 Å². The summed E-state index contributed by atoms with van der Waals surface area (Å²) in [6.07, 6.45) is 4.90. The van der Waals surface area contributed by atoms with Crippen molar-refractivity contribution >= 4 is 11.4 Å². The predicted octanol–water partition coefficient (Wildman–Crippen LogP) is 3.41. The van der Waals surface area contributed by atoms with Crippen LogP contribution in [0, 0.1) is 11.7 Å². The van der Waals surface area contributed by atoms with Gasteiger partial charge in [0.2, 0.25) is 0 Å². The van der Waals surface area contributed by atoms with Crippen LogP contribution in [-0.4, -0.2) is 13.2 Å². The summed E-state index contributed by atoms with van der Waals surface area (Å²) in [6, 6.07) is 3.37. The third-order valence-electron chi connectivity index (χ3n) is 3.78. The van der Waals surface area contributed by atoms with Gasteiger partial charge in [0, 0.05) is 18.2 Å². The number of hydrogen-bond donors (Lipinski definition) is 2. The van der Waals surface area contributed by atoms with Crippen molar-refractivity contribution in [3.05, 3.63) is 17.9 Å². The van der Waals surface area contributed by atoms with Gasteiger partial charge in [-0.15, -0.1) is 0 Å². The minimum Gasteiger partial charge on any atom is -0.494 e. The van der Waals surface area contributed by atoms with E-state index in [0.717, 1.165) is 12.1 Å². The Bertz CT molecular complexity index is 423. The molecule has 1 saturated carbocycles. The van der Waals surface area contributed by atoms with Gasteiger partial charge in [0.1, 0.15) is 0 Å². The van der Waals surface area contributed by atoms with E-state index in [-0.39, 0.29) is 5.75 Å². The summed E-state index contributed by atoms with van der Waals surface area (Å²) in [6.45, 7) is 2.24. The van der Waals surface area contributed by atoms with Gasteiger partial charge in [-0.1, -0.05) is 19.8 Å². The maximum absolute atomic E-state index is 13.5. The molecule has 0 spiro atoms. The van der Waals surface area contributed by atoms with Gasteiger partial charge in [0.15, 0.2) is 11.6 Å². The first-order chi connectivity index (χ1) is 8.61. The molecule has 2 rings (SSSR count). The van der Waals surface area contributed by atoms with E-state index in [1.807, 2.05) is 0 Å². The fourth-order valence-corrected chi connectivity index (χ4v) is 2.58. The Morgan fingerprint density at radius 3 is 2.72 bits per heavy atom. The van der Waals surface area contributed by atoms with Gasteiger partial charge in [-0.25, -0.2) is 4.39 Å². The summed E-state index contributed by atoms with van der Waals surface area (Å²) in [5.41, 5.74) is 7.06. The Balaban J connectivity index is 2.17. The lowest BCUT2D eigenvalue weighted by atomic mass is 9.86. The highest BCUT2D eigenvalue weighted by Crippen LogP contribution is 2.32. The van der Waals surface area contributed by atoms with Crippen LogP contribution in [0.15, 0.2) is 12.1 Å². The first kappa shape index (κ1) is 13.0. The molecule has 0 heterocycles. The molecule has 1 aliphatic carbocycles. The largest absolute Gasteiger partial charge is 0.494 e. The molecular formula is C14H21FN2O. The van der Waals surface area contributed by atoms with Crippen molar-refractivity contribution < 1.29 is 9.13 Å². The summed E-state index contributed by atoms with van der Waals surface area (Å²) < 4.78 is 18.4. The van der Waals surface area contributed by atoms with Crippen LogP contribution in [0.25, 0.3) is 0 Å². The monoisotopic (exact) mass is 252 g/mol. The fourth-order valence-electron chi connectivity index (χ4n) is 2.58. The molecule has 0 aliphatic heterocycles. The highest BCUT2D eigenvalue weighted by molar-refractivity contribution is 5.69. The van der Waals surface area contributed by atoms with Crippen molar-refractivity contribution in [3.63, 3.8) is 0 Å². The zero-order valence-electron chi connectivity index (χ0n) is 11.0. The Morgan fingerprint density at radius 2 is 2.06 bits per heavy atom. The number of benzene rings is 1. The first-order valence-corrected chi connectivity index (χ1v) is 6.51. The van der Waals surface area contributed by atoms with Crippen LogP contribution >= 0.6 is 0 Å². The molecule has 0 aromatic heterocycles. The molecular weight excluding hydrogens is 231 g/mol. The van der Waals surface area contributed by atoms with Crippen LogP contribution in [-0.2, 0) is 0 Å². The molecule has 0 amide bonds. The molecule has 3 N–H and O–H groups in total. The number of nitrogens with two attached hydrogens (primary N) is 1. The maximum Gasteiger partial charge on any atom is 0.167 e. The summed E-state index contributed by atoms with van der Waals surface area (Å²) in [5.74, 6) is 0.432. The van der Waals surface area contributed by atoms with Crippen molar-refractivity contribution in [1.82, 2.24) is 0 Å². The van der Waals surface area contributed by atoms with Crippen molar-refractivity contribution in [2.75, 3.05) is 18.2 Å². The Kier molecular flexibility index (Phi) is 3.94. The van der Waals surface area contributed by atoms with Gasteiger partial charge in [0.05, 0.1) is 18.5 Å². The second kappa shape index (κ2) is 5.46. The Morgan fingerprint density at radius 1 is 1.33 bits per heavy atom. The highest BCUT2D eigenvalue weighted by atomic mass is 19.1. The second-order valence-corrected chi connectivity index (χ2v) is 5.09. The minimum absolute atomic E-state index is 0.232. The molecule has 0 bridgehead atoms. The molecule has 3 nitrogen and oxygen atoms in total. The number of anilines is 2. The SMILES string of the molecule is COc1cc(NC2CCCCC2C)c(N)cc1F. The van der Waals surface area contributed by atoms with Gasteiger partial charge >= 0.3 is 0 Å². The maximum atomic E-state index is 13.5. The molecule has 1 aromatic rings. The summed E-state index contributed by atoms with van der Waals surface area (Å²) in [7, 11) is 1.46. The van der Waals surface area contributed by atoms with Crippen LogP contribution < -0.4 is 15.8 Å². The lowest BCUT2D eigenvalue weighted by molar-refractivity contribution is 0.349. The molecule has 100 valence electrons. The van der Waals surface area contributed by atoms with E-state index in [1.165, 1.54) is 32.4 Å². The molecule has 0 radical (unpaired) electrons. The van der Waals surface area contributed by atoms with E-state index in [9.17, 15) is 4.39 Å². The third kappa shape index (κ3) is 2.68. The van der Waals surface area contributed by atoms with E-state index < -0.39 is 5.82 Å². The lowest BCUT2D eigenvalue weighted by Crippen LogP contribution is -2.30. The third-order valence-corrected chi connectivity index (χ3v) is 3.78. The van der Waals surface area contributed by atoms with Crippen molar-refractivity contribution in [2.45, 2.75) is 38.6 Å². The number of rotatable bonds is 3. The van der Waals surface area contributed by atoms with Gasteiger partial charge < -0.3 is 15.8 Å². The quantitative estimate of drug-likeness (QED) is 0.810. The first-order valence-electron chi connectivity index (χ1n) is 6.51. The molecule has 18 heavy (non-hydrogen) atoms. The summed E-state index contributed by atoms with van der Waals surface area (Å²) in [5, 5.41) is 3.43. The van der Waals surface area contributed by atoms with E-state index >= 15 is 0 Å². The van der Waals surface area contributed by atoms with Gasteiger partial charge in [-0.3, -0.25) is 0 Å². The average molecular weight is 252 g/mol. The smallest absolute Gasteiger partial charge is 0.167 e. The van der Waals surface area contributed by atoms with Gasteiger partial charge in [-0.2, -0.15) is 0 Å². The van der Waals surface area contributed by atoms with Crippen molar-refractivity contribution in [1.29, 1.82) is 0 Å². The topological polar surface area (TPSA) is 47.3 Å². The standard InChI is InChI=1S/C14H21FN2O/c1-9-5-3-4-6-12(9)17-13-8-14(18-2)10(15)7-11(13)16/h7-9,12,17H,3-6,16H2,1-2H3. The number of hydrogen-bond acceptors (Lipinski definition) is 3. The molecule has 1 aromatic carbocycles. The van der Waals surface area contributed by atoms with Crippen molar-refractivity contribution in [3.8, 4) is 5.75 Å².